The first-order chi connectivity index (χ1) is 6.81. The van der Waals surface area contributed by atoms with E-state index in [1.165, 1.54) is 0 Å². The third kappa shape index (κ3) is 1.32. The molecular formula is C13H18O2. The van der Waals surface area contributed by atoms with E-state index in [4.69, 9.17) is 4.74 Å². The highest BCUT2D eigenvalue weighted by Gasteiger charge is 2.71. The molecule has 82 valence electrons. The van der Waals surface area contributed by atoms with E-state index in [0.29, 0.717) is 0 Å². The molecule has 1 aliphatic heterocycles. The van der Waals surface area contributed by atoms with Gasteiger partial charge < -0.3 is 9.84 Å². The molecule has 1 aromatic rings. The molecule has 2 nitrogen and oxygen atoms in total. The second-order valence-corrected chi connectivity index (χ2v) is 5.09. The molecule has 0 aromatic heterocycles. The average molecular weight is 206 g/mol. The zero-order chi connectivity index (χ0) is 11.3. The van der Waals surface area contributed by atoms with Crippen molar-refractivity contribution in [2.75, 3.05) is 0 Å². The smallest absolute Gasteiger partial charge is 0.127 e. The van der Waals surface area contributed by atoms with E-state index in [0.717, 1.165) is 5.56 Å². The van der Waals surface area contributed by atoms with Crippen molar-refractivity contribution in [3.05, 3.63) is 35.9 Å². The molecule has 1 heterocycles. The quantitative estimate of drug-likeness (QED) is 0.754. The monoisotopic (exact) mass is 206 g/mol. The van der Waals surface area contributed by atoms with Gasteiger partial charge in [-0.2, -0.15) is 0 Å². The molecular weight excluding hydrogens is 188 g/mol. The lowest BCUT2D eigenvalue weighted by molar-refractivity contribution is 0.00242. The Kier molecular flexibility index (Phi) is 2.01. The van der Waals surface area contributed by atoms with Gasteiger partial charge in [-0.1, -0.05) is 30.3 Å². The van der Waals surface area contributed by atoms with Gasteiger partial charge in [0.05, 0.1) is 5.60 Å². The molecule has 0 radical (unpaired) electrons. The number of rotatable bonds is 2. The predicted octanol–water partition coefficient (Wildman–Crippen LogP) is 2.46. The van der Waals surface area contributed by atoms with Gasteiger partial charge in [0, 0.05) is 0 Å². The van der Waals surface area contributed by atoms with Gasteiger partial charge in [-0.15, -0.1) is 0 Å². The predicted molar refractivity (Wildman–Crippen MR) is 59.6 cm³/mol. The summed E-state index contributed by atoms with van der Waals surface area (Å²) < 4.78 is 5.79. The Balaban J connectivity index is 2.35. The van der Waals surface area contributed by atoms with E-state index in [9.17, 15) is 5.11 Å². The van der Waals surface area contributed by atoms with Crippen molar-refractivity contribution in [2.45, 2.75) is 44.5 Å². The maximum absolute atomic E-state index is 10.1. The van der Waals surface area contributed by atoms with Crippen LogP contribution < -0.4 is 0 Å². The summed E-state index contributed by atoms with van der Waals surface area (Å²) in [4.78, 5) is 0. The van der Waals surface area contributed by atoms with E-state index < -0.39 is 11.2 Å². The summed E-state index contributed by atoms with van der Waals surface area (Å²) in [5.74, 6) is 0. The highest BCUT2D eigenvalue weighted by molar-refractivity contribution is 5.34. The fourth-order valence-electron chi connectivity index (χ4n) is 2.18. The molecule has 2 rings (SSSR count). The van der Waals surface area contributed by atoms with Crippen molar-refractivity contribution < 1.29 is 9.84 Å². The summed E-state index contributed by atoms with van der Waals surface area (Å²) in [6.45, 7) is 7.57. The van der Waals surface area contributed by atoms with Gasteiger partial charge in [-0.25, -0.2) is 0 Å². The van der Waals surface area contributed by atoms with Crippen molar-refractivity contribution in [3.63, 3.8) is 0 Å². The number of aliphatic hydroxyl groups is 1. The second kappa shape index (κ2) is 2.83. The molecule has 0 spiro atoms. The Morgan fingerprint density at radius 2 is 1.67 bits per heavy atom. The lowest BCUT2D eigenvalue weighted by Gasteiger charge is -2.25. The van der Waals surface area contributed by atoms with Crippen molar-refractivity contribution in [1.29, 1.82) is 0 Å². The average Bonchev–Trinajstić information content (AvgIpc) is 2.74. The van der Waals surface area contributed by atoms with Gasteiger partial charge in [-0.05, 0) is 33.3 Å². The highest BCUT2D eigenvalue weighted by atomic mass is 16.6. The van der Waals surface area contributed by atoms with Crippen LogP contribution >= 0.6 is 0 Å². The molecule has 1 N–H and O–H groups in total. The third-order valence-electron chi connectivity index (χ3n) is 3.77. The first kappa shape index (κ1) is 10.7. The number of epoxide rings is 1. The zero-order valence-corrected chi connectivity index (χ0v) is 9.74. The van der Waals surface area contributed by atoms with Crippen LogP contribution in [0.3, 0.4) is 0 Å². The highest BCUT2D eigenvalue weighted by Crippen LogP contribution is 2.60. The first-order valence-corrected chi connectivity index (χ1v) is 5.29. The van der Waals surface area contributed by atoms with Crippen LogP contribution in [-0.2, 0) is 10.3 Å². The fourth-order valence-corrected chi connectivity index (χ4v) is 2.18. The minimum Gasteiger partial charge on any atom is -0.387 e. The van der Waals surface area contributed by atoms with Gasteiger partial charge in [0.1, 0.15) is 11.2 Å². The van der Waals surface area contributed by atoms with Gasteiger partial charge in [0.2, 0.25) is 0 Å². The Hall–Kier alpha value is -0.860. The fraction of sp³-hybridized carbons (Fsp3) is 0.538. The molecule has 0 saturated carbocycles. The number of benzene rings is 1. The summed E-state index contributed by atoms with van der Waals surface area (Å²) in [7, 11) is 0. The van der Waals surface area contributed by atoms with Crippen LogP contribution in [0.1, 0.15) is 33.3 Å². The molecule has 1 aliphatic rings. The van der Waals surface area contributed by atoms with Crippen molar-refractivity contribution in [1.82, 2.24) is 0 Å². The van der Waals surface area contributed by atoms with Crippen LogP contribution in [-0.4, -0.2) is 16.3 Å². The van der Waals surface area contributed by atoms with Crippen molar-refractivity contribution >= 4 is 0 Å². The molecule has 15 heavy (non-hydrogen) atoms. The van der Waals surface area contributed by atoms with E-state index in [2.05, 4.69) is 0 Å². The topological polar surface area (TPSA) is 32.8 Å². The third-order valence-corrected chi connectivity index (χ3v) is 3.77. The zero-order valence-electron chi connectivity index (χ0n) is 9.74. The summed E-state index contributed by atoms with van der Waals surface area (Å²) >= 11 is 0. The van der Waals surface area contributed by atoms with Crippen LogP contribution in [0.4, 0.5) is 0 Å². The molecule has 2 heteroatoms. The Labute approximate surface area is 90.9 Å². The Morgan fingerprint density at radius 3 is 2.07 bits per heavy atom. The molecule has 0 aliphatic carbocycles. The molecule has 0 bridgehead atoms. The number of hydrogen-bond donors (Lipinski definition) is 1. The Morgan fingerprint density at radius 1 is 1.13 bits per heavy atom. The van der Waals surface area contributed by atoms with Gasteiger partial charge in [-0.3, -0.25) is 0 Å². The second-order valence-electron chi connectivity index (χ2n) is 5.09. The van der Waals surface area contributed by atoms with Gasteiger partial charge in [0.15, 0.2) is 0 Å². The first-order valence-electron chi connectivity index (χ1n) is 5.29. The van der Waals surface area contributed by atoms with Crippen LogP contribution in [0.25, 0.3) is 0 Å². The van der Waals surface area contributed by atoms with E-state index >= 15 is 0 Å². The molecule has 0 amide bonds. The molecule has 1 aromatic carbocycles. The van der Waals surface area contributed by atoms with Gasteiger partial charge in [0.25, 0.3) is 0 Å². The SMILES string of the molecule is CC(C)(O)[C@@]1(C)O[C@]1(C)c1ccccc1. The van der Waals surface area contributed by atoms with Crippen LogP contribution in [0.15, 0.2) is 30.3 Å². The molecule has 0 unspecified atom stereocenters. The van der Waals surface area contributed by atoms with E-state index in [1.54, 1.807) is 13.8 Å². The van der Waals surface area contributed by atoms with Crippen LogP contribution in [0, 0.1) is 0 Å². The maximum Gasteiger partial charge on any atom is 0.127 e. The van der Waals surface area contributed by atoms with Crippen molar-refractivity contribution in [3.8, 4) is 0 Å². The Bertz CT molecular complexity index is 366. The lowest BCUT2D eigenvalue weighted by atomic mass is 9.79. The van der Waals surface area contributed by atoms with E-state index in [1.807, 2.05) is 44.2 Å². The van der Waals surface area contributed by atoms with E-state index in [-0.39, 0.29) is 5.60 Å². The summed E-state index contributed by atoms with van der Waals surface area (Å²) in [6, 6.07) is 10.0. The van der Waals surface area contributed by atoms with Crippen molar-refractivity contribution in [2.24, 2.45) is 0 Å². The minimum absolute atomic E-state index is 0.369. The number of ether oxygens (including phenoxy) is 1. The maximum atomic E-state index is 10.1. The molecule has 1 fully saturated rings. The summed E-state index contributed by atoms with van der Waals surface area (Å²) in [5, 5.41) is 10.1. The molecule has 1 saturated heterocycles. The lowest BCUT2D eigenvalue weighted by Crippen LogP contribution is -2.41. The normalized spacial score (nSPS) is 35.3. The van der Waals surface area contributed by atoms with Gasteiger partial charge >= 0.3 is 0 Å². The minimum atomic E-state index is -0.836. The molecule has 2 atom stereocenters. The van der Waals surface area contributed by atoms with Crippen LogP contribution in [0.5, 0.6) is 0 Å². The summed E-state index contributed by atoms with van der Waals surface area (Å²) in [6.07, 6.45) is 0. The van der Waals surface area contributed by atoms with Crippen LogP contribution in [0.2, 0.25) is 0 Å². The summed E-state index contributed by atoms with van der Waals surface area (Å²) in [5.41, 5.74) is -0.583. The standard InChI is InChI=1S/C13H18O2/c1-11(2,14)13(4)12(3,15-13)10-8-6-5-7-9-10/h5-9,14H,1-4H3/t12-,13-/m1/s1. The largest absolute Gasteiger partial charge is 0.387 e. The number of hydrogen-bond acceptors (Lipinski definition) is 2.